The van der Waals surface area contributed by atoms with Crippen molar-refractivity contribution in [3.63, 3.8) is 0 Å². The summed E-state index contributed by atoms with van der Waals surface area (Å²) < 4.78 is 0. The minimum absolute atomic E-state index is 0.275. The van der Waals surface area contributed by atoms with Crippen molar-refractivity contribution >= 4 is 0 Å². The topological polar surface area (TPSA) is 40.5 Å². The summed E-state index contributed by atoms with van der Waals surface area (Å²) in [5, 5.41) is 17.1. The lowest BCUT2D eigenvalue weighted by atomic mass is 10.1. The second-order valence-corrected chi connectivity index (χ2v) is 2.10. The first-order chi connectivity index (χ1) is 4.79. The van der Waals surface area contributed by atoms with Gasteiger partial charge in [0.2, 0.25) is 0 Å². The van der Waals surface area contributed by atoms with Gasteiger partial charge in [-0.05, 0) is 11.6 Å². The van der Waals surface area contributed by atoms with E-state index in [1.54, 1.807) is 12.1 Å². The molecular weight excluding hydrogens is 128 g/mol. The molecule has 2 nitrogen and oxygen atoms in total. The first-order valence-corrected chi connectivity index (χ1v) is 3.10. The summed E-state index contributed by atoms with van der Waals surface area (Å²) in [6.07, 6.45) is -0.979. The lowest BCUT2D eigenvalue weighted by Gasteiger charge is -2.01. The summed E-state index contributed by atoms with van der Waals surface area (Å²) >= 11 is 0. The SMILES string of the molecule is OC(O)Cc1c[c]ccc1. The molecular formula is C8H9O2. The van der Waals surface area contributed by atoms with Crippen molar-refractivity contribution in [3.8, 4) is 0 Å². The summed E-state index contributed by atoms with van der Waals surface area (Å²) in [7, 11) is 0. The van der Waals surface area contributed by atoms with Crippen molar-refractivity contribution < 1.29 is 10.2 Å². The third-order valence-corrected chi connectivity index (χ3v) is 1.19. The predicted molar refractivity (Wildman–Crippen MR) is 37.2 cm³/mol. The van der Waals surface area contributed by atoms with Gasteiger partial charge in [-0.3, -0.25) is 0 Å². The molecule has 0 fully saturated rings. The van der Waals surface area contributed by atoms with Crippen molar-refractivity contribution in [1.82, 2.24) is 0 Å². The van der Waals surface area contributed by atoms with Crippen LogP contribution in [0.1, 0.15) is 5.56 Å². The highest BCUT2D eigenvalue weighted by molar-refractivity contribution is 5.13. The zero-order valence-electron chi connectivity index (χ0n) is 5.49. The van der Waals surface area contributed by atoms with E-state index >= 15 is 0 Å². The Hall–Kier alpha value is -0.860. The Morgan fingerprint density at radius 1 is 1.50 bits per heavy atom. The maximum absolute atomic E-state index is 8.55. The van der Waals surface area contributed by atoms with E-state index in [1.807, 2.05) is 12.1 Å². The highest BCUT2D eigenvalue weighted by atomic mass is 16.5. The number of aliphatic hydroxyl groups is 2. The van der Waals surface area contributed by atoms with Crippen molar-refractivity contribution in [2.45, 2.75) is 12.7 Å². The molecule has 0 spiro atoms. The van der Waals surface area contributed by atoms with E-state index in [1.165, 1.54) is 0 Å². The minimum Gasteiger partial charge on any atom is -0.368 e. The Bertz CT molecular complexity index is 182. The smallest absolute Gasteiger partial charge is 0.155 e. The largest absolute Gasteiger partial charge is 0.368 e. The van der Waals surface area contributed by atoms with E-state index in [4.69, 9.17) is 10.2 Å². The molecule has 53 valence electrons. The average Bonchev–Trinajstić information content (AvgIpc) is 1.88. The van der Waals surface area contributed by atoms with Gasteiger partial charge in [0.25, 0.3) is 0 Å². The van der Waals surface area contributed by atoms with Crippen LogP contribution in [0.25, 0.3) is 0 Å². The fourth-order valence-corrected chi connectivity index (χ4v) is 0.768. The molecule has 0 unspecified atom stereocenters. The maximum Gasteiger partial charge on any atom is 0.155 e. The third-order valence-electron chi connectivity index (χ3n) is 1.19. The number of hydrogen-bond acceptors (Lipinski definition) is 2. The molecule has 2 N–H and O–H groups in total. The van der Waals surface area contributed by atoms with Crippen LogP contribution in [0.2, 0.25) is 0 Å². The Morgan fingerprint density at radius 2 is 2.30 bits per heavy atom. The molecule has 1 radical (unpaired) electrons. The van der Waals surface area contributed by atoms with Crippen LogP contribution in [0.3, 0.4) is 0 Å². The zero-order valence-corrected chi connectivity index (χ0v) is 5.49. The van der Waals surface area contributed by atoms with Gasteiger partial charge in [-0.15, -0.1) is 0 Å². The van der Waals surface area contributed by atoms with Gasteiger partial charge >= 0.3 is 0 Å². The van der Waals surface area contributed by atoms with Gasteiger partial charge in [-0.2, -0.15) is 0 Å². The van der Waals surface area contributed by atoms with E-state index in [0.717, 1.165) is 5.56 Å². The molecule has 0 aliphatic rings. The maximum atomic E-state index is 8.55. The molecule has 0 saturated carbocycles. The van der Waals surface area contributed by atoms with Crippen LogP contribution in [0.4, 0.5) is 0 Å². The second kappa shape index (κ2) is 3.34. The molecule has 1 rings (SSSR count). The van der Waals surface area contributed by atoms with Gasteiger partial charge < -0.3 is 10.2 Å². The highest BCUT2D eigenvalue weighted by Crippen LogP contribution is 1.99. The lowest BCUT2D eigenvalue weighted by molar-refractivity contribution is -0.0381. The first-order valence-electron chi connectivity index (χ1n) is 3.10. The summed E-state index contributed by atoms with van der Waals surface area (Å²) in [5.41, 5.74) is 0.887. The monoisotopic (exact) mass is 137 g/mol. The van der Waals surface area contributed by atoms with E-state index in [0.29, 0.717) is 0 Å². The summed E-state index contributed by atoms with van der Waals surface area (Å²) in [6.45, 7) is 0. The molecule has 10 heavy (non-hydrogen) atoms. The van der Waals surface area contributed by atoms with E-state index in [2.05, 4.69) is 6.07 Å². The third kappa shape index (κ3) is 2.17. The summed E-state index contributed by atoms with van der Waals surface area (Å²) in [6, 6.07) is 10.00. The van der Waals surface area contributed by atoms with E-state index in [9.17, 15) is 0 Å². The van der Waals surface area contributed by atoms with Gasteiger partial charge in [-0.25, -0.2) is 0 Å². The van der Waals surface area contributed by atoms with Crippen molar-refractivity contribution in [2.24, 2.45) is 0 Å². The lowest BCUT2D eigenvalue weighted by Crippen LogP contribution is -2.07. The van der Waals surface area contributed by atoms with E-state index < -0.39 is 6.29 Å². The number of benzene rings is 1. The molecule has 0 saturated heterocycles. The fourth-order valence-electron chi connectivity index (χ4n) is 0.768. The number of rotatable bonds is 2. The quantitative estimate of drug-likeness (QED) is 0.577. The molecule has 0 aliphatic carbocycles. The number of hydrogen-bond donors (Lipinski definition) is 2. The van der Waals surface area contributed by atoms with Crippen LogP contribution in [0.5, 0.6) is 0 Å². The van der Waals surface area contributed by atoms with Gasteiger partial charge in [0.1, 0.15) is 0 Å². The molecule has 1 aromatic carbocycles. The summed E-state index contributed by atoms with van der Waals surface area (Å²) in [5.74, 6) is 0. The molecule has 0 heterocycles. The molecule has 0 bridgehead atoms. The fraction of sp³-hybridized carbons (Fsp3) is 0.250. The average molecular weight is 137 g/mol. The molecule has 0 amide bonds. The van der Waals surface area contributed by atoms with E-state index in [-0.39, 0.29) is 6.42 Å². The van der Waals surface area contributed by atoms with Crippen molar-refractivity contribution in [1.29, 1.82) is 0 Å². The first kappa shape index (κ1) is 7.25. The van der Waals surface area contributed by atoms with Gasteiger partial charge in [0, 0.05) is 6.42 Å². The summed E-state index contributed by atoms with van der Waals surface area (Å²) in [4.78, 5) is 0. The molecule has 2 heteroatoms. The Morgan fingerprint density at radius 3 is 2.80 bits per heavy atom. The molecule has 0 atom stereocenters. The number of aliphatic hydroxyl groups excluding tert-OH is 1. The molecule has 1 aromatic rings. The standard InChI is InChI=1S/C8H9O2/c9-8(10)6-7-4-2-1-3-5-7/h1-2,4-5,8-10H,6H2. The van der Waals surface area contributed by atoms with Crippen LogP contribution in [0, 0.1) is 6.07 Å². The highest BCUT2D eigenvalue weighted by Gasteiger charge is 1.97. The van der Waals surface area contributed by atoms with Crippen LogP contribution < -0.4 is 0 Å². The van der Waals surface area contributed by atoms with Crippen LogP contribution in [-0.4, -0.2) is 16.5 Å². The van der Waals surface area contributed by atoms with Crippen molar-refractivity contribution in [2.75, 3.05) is 0 Å². The molecule has 0 aliphatic heterocycles. The Balaban J connectivity index is 2.59. The zero-order chi connectivity index (χ0) is 7.40. The van der Waals surface area contributed by atoms with Gasteiger partial charge in [0.05, 0.1) is 0 Å². The predicted octanol–water partition coefficient (Wildman–Crippen LogP) is 0.340. The van der Waals surface area contributed by atoms with Crippen LogP contribution >= 0.6 is 0 Å². The van der Waals surface area contributed by atoms with Crippen LogP contribution in [0.15, 0.2) is 24.3 Å². The van der Waals surface area contributed by atoms with Crippen LogP contribution in [-0.2, 0) is 6.42 Å². The Labute approximate surface area is 59.7 Å². The second-order valence-electron chi connectivity index (χ2n) is 2.10. The Kier molecular flexibility index (Phi) is 2.42. The minimum atomic E-state index is -1.25. The van der Waals surface area contributed by atoms with Gasteiger partial charge in [0.15, 0.2) is 6.29 Å². The van der Waals surface area contributed by atoms with Gasteiger partial charge in [-0.1, -0.05) is 24.3 Å². The normalized spacial score (nSPS) is 10.3. The molecule has 0 aromatic heterocycles. The van der Waals surface area contributed by atoms with Crippen molar-refractivity contribution in [3.05, 3.63) is 35.9 Å².